The molecule has 119 valence electrons. The standard InChI is InChI=1S/C14H23N2O4Se/c1-8(2)11(14(19)20)15-12(17)10-5-4-6-16(10)13(18)9(3)7-21/h8-11H,4-7H2,1-3H3,(H,15,17)(H,19,20)/t9-,10+,11+/m1/s1. The fourth-order valence-corrected chi connectivity index (χ4v) is 2.72. The second-order valence-corrected chi connectivity index (χ2v) is 6.53. The van der Waals surface area contributed by atoms with Gasteiger partial charge in [0.2, 0.25) is 0 Å². The van der Waals surface area contributed by atoms with E-state index in [0.717, 1.165) is 6.42 Å². The SMILES string of the molecule is CC(C)[C@H](NC(=O)[C@@H]1CCCN1C(=O)[C@H](C)C[Se])C(=O)O. The summed E-state index contributed by atoms with van der Waals surface area (Å²) < 4.78 is 0. The van der Waals surface area contributed by atoms with Crippen molar-refractivity contribution in [3.05, 3.63) is 0 Å². The van der Waals surface area contributed by atoms with Gasteiger partial charge >= 0.3 is 133 Å². The average Bonchev–Trinajstić information content (AvgIpc) is 2.91. The van der Waals surface area contributed by atoms with E-state index in [0.29, 0.717) is 18.3 Å². The van der Waals surface area contributed by atoms with Gasteiger partial charge in [0.05, 0.1) is 0 Å². The number of nitrogens with one attached hydrogen (secondary N) is 1. The van der Waals surface area contributed by atoms with Crippen LogP contribution in [-0.4, -0.2) is 62.4 Å². The number of likely N-dealkylation sites (tertiary alicyclic amines) is 1. The van der Waals surface area contributed by atoms with Gasteiger partial charge in [0.1, 0.15) is 0 Å². The van der Waals surface area contributed by atoms with Gasteiger partial charge < -0.3 is 0 Å². The second kappa shape index (κ2) is 7.80. The first-order chi connectivity index (χ1) is 9.79. The summed E-state index contributed by atoms with van der Waals surface area (Å²) >= 11 is 2.83. The van der Waals surface area contributed by atoms with Crippen LogP contribution < -0.4 is 5.32 Å². The molecule has 0 aromatic carbocycles. The molecule has 21 heavy (non-hydrogen) atoms. The molecule has 1 rings (SSSR count). The minimum atomic E-state index is -1.05. The first-order valence-corrected chi connectivity index (χ1v) is 8.42. The summed E-state index contributed by atoms with van der Waals surface area (Å²) in [5.74, 6) is -1.84. The van der Waals surface area contributed by atoms with Crippen LogP contribution in [0.15, 0.2) is 0 Å². The number of carbonyl (C=O) groups is 3. The molecule has 1 fully saturated rings. The molecule has 0 spiro atoms. The van der Waals surface area contributed by atoms with Crippen molar-refractivity contribution in [1.29, 1.82) is 0 Å². The van der Waals surface area contributed by atoms with Gasteiger partial charge in [-0.05, 0) is 0 Å². The Hall–Kier alpha value is -1.07. The van der Waals surface area contributed by atoms with Crippen LogP contribution in [0.3, 0.4) is 0 Å². The van der Waals surface area contributed by atoms with Crippen LogP contribution in [-0.2, 0) is 14.4 Å². The number of carbonyl (C=O) groups excluding carboxylic acids is 2. The summed E-state index contributed by atoms with van der Waals surface area (Å²) in [4.78, 5) is 37.3. The predicted octanol–water partition coefficient (Wildman–Crippen LogP) is 0.426. The molecule has 1 aliphatic heterocycles. The minimum absolute atomic E-state index is 0.0529. The normalized spacial score (nSPS) is 21.2. The zero-order chi connectivity index (χ0) is 16.2. The van der Waals surface area contributed by atoms with Crippen LogP contribution in [0.2, 0.25) is 5.32 Å². The Morgan fingerprint density at radius 3 is 2.43 bits per heavy atom. The van der Waals surface area contributed by atoms with E-state index < -0.39 is 18.1 Å². The van der Waals surface area contributed by atoms with E-state index >= 15 is 0 Å². The van der Waals surface area contributed by atoms with Gasteiger partial charge in [0, 0.05) is 0 Å². The molecule has 0 saturated carbocycles. The summed E-state index contributed by atoms with van der Waals surface area (Å²) in [7, 11) is 0. The fraction of sp³-hybridized carbons (Fsp3) is 0.786. The van der Waals surface area contributed by atoms with Crippen molar-refractivity contribution >= 4 is 33.8 Å². The fourth-order valence-electron chi connectivity index (χ4n) is 2.42. The number of amides is 2. The molecule has 1 radical (unpaired) electrons. The molecular weight excluding hydrogens is 339 g/mol. The van der Waals surface area contributed by atoms with Gasteiger partial charge in [-0.2, -0.15) is 0 Å². The molecular formula is C14H23N2O4Se. The van der Waals surface area contributed by atoms with Gasteiger partial charge in [0.15, 0.2) is 0 Å². The Kier molecular flexibility index (Phi) is 6.68. The van der Waals surface area contributed by atoms with Crippen LogP contribution >= 0.6 is 0 Å². The van der Waals surface area contributed by atoms with Crippen molar-refractivity contribution in [2.45, 2.75) is 51.0 Å². The Bertz CT molecular complexity index is 414. The molecule has 0 bridgehead atoms. The molecule has 0 unspecified atom stereocenters. The van der Waals surface area contributed by atoms with Crippen molar-refractivity contribution in [1.82, 2.24) is 10.2 Å². The number of nitrogens with zero attached hydrogens (tertiary/aromatic N) is 1. The Morgan fingerprint density at radius 1 is 1.33 bits per heavy atom. The van der Waals surface area contributed by atoms with Gasteiger partial charge in [0.25, 0.3) is 0 Å². The van der Waals surface area contributed by atoms with Crippen molar-refractivity contribution < 1.29 is 19.5 Å². The third kappa shape index (κ3) is 4.45. The summed E-state index contributed by atoms with van der Waals surface area (Å²) in [6.07, 6.45) is 1.35. The van der Waals surface area contributed by atoms with Crippen LogP contribution in [0, 0.1) is 11.8 Å². The summed E-state index contributed by atoms with van der Waals surface area (Å²) in [5.41, 5.74) is 0. The summed E-state index contributed by atoms with van der Waals surface area (Å²) in [6, 6.07) is -1.47. The molecule has 0 aromatic rings. The van der Waals surface area contributed by atoms with Crippen molar-refractivity contribution in [3.8, 4) is 0 Å². The number of rotatable bonds is 6. The van der Waals surface area contributed by atoms with Crippen LogP contribution in [0.4, 0.5) is 0 Å². The average molecular weight is 362 g/mol. The molecule has 6 nitrogen and oxygen atoms in total. The summed E-state index contributed by atoms with van der Waals surface area (Å²) in [6.45, 7) is 5.86. The van der Waals surface area contributed by atoms with E-state index in [9.17, 15) is 14.4 Å². The Labute approximate surface area is 133 Å². The number of hydrogen-bond acceptors (Lipinski definition) is 3. The van der Waals surface area contributed by atoms with E-state index in [1.165, 1.54) is 0 Å². The van der Waals surface area contributed by atoms with E-state index in [1.807, 2.05) is 6.92 Å². The molecule has 0 aromatic heterocycles. The van der Waals surface area contributed by atoms with Gasteiger partial charge in [-0.3, -0.25) is 0 Å². The van der Waals surface area contributed by atoms with Crippen LogP contribution in [0.1, 0.15) is 33.6 Å². The van der Waals surface area contributed by atoms with Crippen LogP contribution in [0.25, 0.3) is 0 Å². The second-order valence-electron chi connectivity index (χ2n) is 5.83. The number of aliphatic carboxylic acids is 1. The number of carboxylic acid groups (broad SMARTS) is 1. The van der Waals surface area contributed by atoms with Gasteiger partial charge in [-0.25, -0.2) is 0 Å². The first kappa shape index (κ1) is 18.0. The summed E-state index contributed by atoms with van der Waals surface area (Å²) in [5, 5.41) is 12.3. The topological polar surface area (TPSA) is 86.7 Å². The predicted molar refractivity (Wildman–Crippen MR) is 78.9 cm³/mol. The van der Waals surface area contributed by atoms with E-state index in [2.05, 4.69) is 21.3 Å². The molecule has 0 aliphatic carbocycles. The zero-order valence-corrected chi connectivity index (χ0v) is 14.4. The monoisotopic (exact) mass is 363 g/mol. The number of hydrogen-bond donors (Lipinski definition) is 2. The Balaban J connectivity index is 2.76. The maximum absolute atomic E-state index is 12.3. The molecule has 1 aliphatic rings. The quantitative estimate of drug-likeness (QED) is 0.671. The Morgan fingerprint density at radius 2 is 1.95 bits per heavy atom. The van der Waals surface area contributed by atoms with E-state index in [-0.39, 0.29) is 23.7 Å². The van der Waals surface area contributed by atoms with Gasteiger partial charge in [-0.1, -0.05) is 0 Å². The van der Waals surface area contributed by atoms with Gasteiger partial charge in [-0.15, -0.1) is 0 Å². The number of carboxylic acids is 1. The third-order valence-electron chi connectivity index (χ3n) is 3.74. The van der Waals surface area contributed by atoms with E-state index in [4.69, 9.17) is 5.11 Å². The maximum atomic E-state index is 12.3. The van der Waals surface area contributed by atoms with E-state index in [1.54, 1.807) is 18.7 Å². The molecule has 1 saturated heterocycles. The molecule has 2 amide bonds. The molecule has 2 N–H and O–H groups in total. The zero-order valence-electron chi connectivity index (χ0n) is 12.7. The van der Waals surface area contributed by atoms with Crippen molar-refractivity contribution in [2.75, 3.05) is 6.54 Å². The van der Waals surface area contributed by atoms with Crippen molar-refractivity contribution in [3.63, 3.8) is 0 Å². The first-order valence-electron chi connectivity index (χ1n) is 7.21. The molecule has 7 heteroatoms. The van der Waals surface area contributed by atoms with Crippen LogP contribution in [0.5, 0.6) is 0 Å². The van der Waals surface area contributed by atoms with Crippen molar-refractivity contribution in [2.24, 2.45) is 11.8 Å². The molecule has 1 heterocycles. The molecule has 3 atom stereocenters. The third-order valence-corrected chi connectivity index (χ3v) is 4.79.